The lowest BCUT2D eigenvalue weighted by Gasteiger charge is -2.39. The van der Waals surface area contributed by atoms with Crippen LogP contribution in [0.25, 0.3) is 0 Å². The number of hydrogen-bond donors (Lipinski definition) is 1. The maximum absolute atomic E-state index is 10.3. The van der Waals surface area contributed by atoms with Crippen molar-refractivity contribution in [3.63, 3.8) is 0 Å². The van der Waals surface area contributed by atoms with Crippen LogP contribution in [0.15, 0.2) is 0 Å². The summed E-state index contributed by atoms with van der Waals surface area (Å²) in [5.41, 5.74) is 0.686. The Morgan fingerprint density at radius 1 is 1.18 bits per heavy atom. The summed E-state index contributed by atoms with van der Waals surface area (Å²) < 4.78 is 6.21. The highest BCUT2D eigenvalue weighted by molar-refractivity contribution is 5.11. The van der Waals surface area contributed by atoms with Crippen molar-refractivity contribution in [3.05, 3.63) is 0 Å². The Labute approximate surface area is 135 Å². The topological polar surface area (TPSA) is 35.9 Å². The normalized spacial score (nSPS) is 40.2. The van der Waals surface area contributed by atoms with Gasteiger partial charge in [-0.2, -0.15) is 0 Å². The summed E-state index contributed by atoms with van der Waals surface area (Å²) in [6.07, 6.45) is 3.81. The van der Waals surface area contributed by atoms with Crippen LogP contribution in [-0.4, -0.2) is 73.5 Å². The van der Waals surface area contributed by atoms with Crippen molar-refractivity contribution in [1.82, 2.24) is 9.80 Å². The minimum absolute atomic E-state index is 0.297. The Morgan fingerprint density at radius 3 is 2.41 bits per heavy atom. The number of hydrogen-bond acceptors (Lipinski definition) is 4. The molecule has 0 aromatic heterocycles. The van der Waals surface area contributed by atoms with Gasteiger partial charge in [0.05, 0.1) is 18.8 Å². The van der Waals surface area contributed by atoms with Crippen LogP contribution in [0.1, 0.15) is 40.0 Å². The average Bonchev–Trinajstić information content (AvgIpc) is 2.80. The predicted molar refractivity (Wildman–Crippen MR) is 88.9 cm³/mol. The smallest absolute Gasteiger partial charge is 0.0900 e. The second-order valence-electron chi connectivity index (χ2n) is 8.69. The fourth-order valence-electron chi connectivity index (χ4n) is 4.99. The first-order valence-electron chi connectivity index (χ1n) is 9.03. The molecule has 22 heavy (non-hydrogen) atoms. The van der Waals surface area contributed by atoms with Crippen LogP contribution in [0.5, 0.6) is 0 Å². The van der Waals surface area contributed by atoms with Crippen molar-refractivity contribution >= 4 is 0 Å². The summed E-state index contributed by atoms with van der Waals surface area (Å²) in [6.45, 7) is 12.8. The Hall–Kier alpha value is -0.160. The first-order valence-corrected chi connectivity index (χ1v) is 9.03. The molecule has 3 aliphatic rings. The fourth-order valence-corrected chi connectivity index (χ4v) is 4.99. The minimum atomic E-state index is -0.353. The molecule has 2 aliphatic carbocycles. The van der Waals surface area contributed by atoms with E-state index in [0.717, 1.165) is 38.6 Å². The zero-order valence-corrected chi connectivity index (χ0v) is 14.8. The van der Waals surface area contributed by atoms with Gasteiger partial charge in [0.2, 0.25) is 0 Å². The monoisotopic (exact) mass is 310 g/mol. The maximum Gasteiger partial charge on any atom is 0.0900 e. The fraction of sp³-hybridized carbons (Fsp3) is 1.00. The lowest BCUT2D eigenvalue weighted by atomic mass is 9.70. The Kier molecular flexibility index (Phi) is 4.59. The van der Waals surface area contributed by atoms with Crippen molar-refractivity contribution in [1.29, 1.82) is 0 Å². The van der Waals surface area contributed by atoms with E-state index in [1.165, 1.54) is 19.3 Å². The largest absolute Gasteiger partial charge is 0.389 e. The molecule has 128 valence electrons. The third-order valence-corrected chi connectivity index (χ3v) is 7.27. The van der Waals surface area contributed by atoms with E-state index in [4.69, 9.17) is 4.74 Å². The van der Waals surface area contributed by atoms with E-state index in [2.05, 4.69) is 37.6 Å². The molecule has 3 rings (SSSR count). The van der Waals surface area contributed by atoms with Crippen LogP contribution in [0.4, 0.5) is 0 Å². The van der Waals surface area contributed by atoms with Gasteiger partial charge in [-0.25, -0.2) is 0 Å². The highest BCUT2D eigenvalue weighted by atomic mass is 16.5. The molecule has 1 saturated heterocycles. The van der Waals surface area contributed by atoms with Gasteiger partial charge < -0.3 is 14.7 Å². The zero-order chi connectivity index (χ0) is 16.0. The number of rotatable bonds is 5. The highest BCUT2D eigenvalue weighted by Crippen LogP contribution is 2.66. The van der Waals surface area contributed by atoms with E-state index in [1.807, 2.05) is 0 Å². The van der Waals surface area contributed by atoms with Crippen LogP contribution in [0.2, 0.25) is 0 Å². The Balaban J connectivity index is 1.45. The standard InChI is InChI=1S/C18H34N2O2/c1-17(2)14-5-6-18(17,3)16(11-14)22-13-15(21)12-20-9-7-19(4)8-10-20/h14-16,21H,5-13H2,1-4H3. The van der Waals surface area contributed by atoms with Gasteiger partial charge in [-0.1, -0.05) is 20.8 Å². The van der Waals surface area contributed by atoms with E-state index >= 15 is 0 Å². The van der Waals surface area contributed by atoms with Gasteiger partial charge >= 0.3 is 0 Å². The van der Waals surface area contributed by atoms with Crippen LogP contribution in [-0.2, 0) is 4.74 Å². The van der Waals surface area contributed by atoms with Crippen molar-refractivity contribution in [2.24, 2.45) is 16.7 Å². The Morgan fingerprint density at radius 2 is 1.86 bits per heavy atom. The van der Waals surface area contributed by atoms with Crippen LogP contribution >= 0.6 is 0 Å². The molecule has 2 bridgehead atoms. The van der Waals surface area contributed by atoms with E-state index in [1.54, 1.807) is 0 Å². The first kappa shape index (κ1) is 16.7. The molecule has 4 heteroatoms. The molecule has 1 aliphatic heterocycles. The van der Waals surface area contributed by atoms with E-state index in [9.17, 15) is 5.11 Å². The second-order valence-corrected chi connectivity index (χ2v) is 8.69. The number of β-amino-alcohol motifs (C(OH)–C–C–N with tert-alkyl or cyclic N) is 1. The van der Waals surface area contributed by atoms with E-state index in [0.29, 0.717) is 23.5 Å². The molecule has 4 nitrogen and oxygen atoms in total. The summed E-state index contributed by atoms with van der Waals surface area (Å²) in [7, 11) is 2.16. The summed E-state index contributed by atoms with van der Waals surface area (Å²) in [4.78, 5) is 4.71. The molecule has 1 heterocycles. The molecule has 0 amide bonds. The number of nitrogens with zero attached hydrogens (tertiary/aromatic N) is 2. The molecule has 4 unspecified atom stereocenters. The molecule has 0 aromatic rings. The van der Waals surface area contributed by atoms with Crippen molar-refractivity contribution in [3.8, 4) is 0 Å². The molecule has 1 N–H and O–H groups in total. The van der Waals surface area contributed by atoms with E-state index < -0.39 is 0 Å². The van der Waals surface area contributed by atoms with Crippen LogP contribution in [0, 0.1) is 16.7 Å². The van der Waals surface area contributed by atoms with Gasteiger partial charge in [0.25, 0.3) is 0 Å². The maximum atomic E-state index is 10.3. The molecule has 2 saturated carbocycles. The van der Waals surface area contributed by atoms with Gasteiger partial charge in [-0.15, -0.1) is 0 Å². The van der Waals surface area contributed by atoms with Crippen molar-refractivity contribution in [2.45, 2.75) is 52.2 Å². The second kappa shape index (κ2) is 6.04. The van der Waals surface area contributed by atoms with Crippen LogP contribution < -0.4 is 0 Å². The lowest BCUT2D eigenvalue weighted by molar-refractivity contribution is -0.0804. The first-order chi connectivity index (χ1) is 10.3. The lowest BCUT2D eigenvalue weighted by Crippen LogP contribution is -2.48. The predicted octanol–water partition coefficient (Wildman–Crippen LogP) is 1.83. The molecule has 3 fully saturated rings. The van der Waals surface area contributed by atoms with Gasteiger partial charge in [0.1, 0.15) is 0 Å². The van der Waals surface area contributed by atoms with Gasteiger partial charge in [-0.3, -0.25) is 4.90 Å². The number of fused-ring (bicyclic) bond motifs is 2. The number of aliphatic hydroxyl groups is 1. The number of likely N-dealkylation sites (N-methyl/N-ethyl adjacent to an activating group) is 1. The highest BCUT2D eigenvalue weighted by Gasteiger charge is 2.61. The molecule has 4 atom stereocenters. The molecule has 0 aromatic carbocycles. The molecule has 0 spiro atoms. The van der Waals surface area contributed by atoms with Gasteiger partial charge in [0.15, 0.2) is 0 Å². The molecule has 0 radical (unpaired) electrons. The average molecular weight is 310 g/mol. The van der Waals surface area contributed by atoms with Crippen molar-refractivity contribution in [2.75, 3.05) is 46.4 Å². The summed E-state index contributed by atoms with van der Waals surface area (Å²) in [6, 6.07) is 0. The van der Waals surface area contributed by atoms with Gasteiger partial charge in [-0.05, 0) is 43.1 Å². The SMILES string of the molecule is CN1CCN(CC(O)COC2CC3CCC2(C)C3(C)C)CC1. The summed E-state index contributed by atoms with van der Waals surface area (Å²) in [5, 5.41) is 10.3. The summed E-state index contributed by atoms with van der Waals surface area (Å²) >= 11 is 0. The number of aliphatic hydroxyl groups excluding tert-OH is 1. The zero-order valence-electron chi connectivity index (χ0n) is 14.8. The number of piperazine rings is 1. The molecular weight excluding hydrogens is 276 g/mol. The summed E-state index contributed by atoms with van der Waals surface area (Å²) in [5.74, 6) is 0.803. The molecular formula is C18H34N2O2. The van der Waals surface area contributed by atoms with E-state index in [-0.39, 0.29) is 6.10 Å². The van der Waals surface area contributed by atoms with Crippen LogP contribution in [0.3, 0.4) is 0 Å². The quantitative estimate of drug-likeness (QED) is 0.840. The number of ether oxygens (including phenoxy) is 1. The van der Waals surface area contributed by atoms with Gasteiger partial charge in [0, 0.05) is 32.7 Å². The Bertz CT molecular complexity index is 393. The third kappa shape index (κ3) is 2.83. The minimum Gasteiger partial charge on any atom is -0.389 e. The third-order valence-electron chi connectivity index (χ3n) is 7.27. The van der Waals surface area contributed by atoms with Crippen molar-refractivity contribution < 1.29 is 9.84 Å².